The molecule has 1 N–H and O–H groups in total. The lowest BCUT2D eigenvalue weighted by molar-refractivity contribution is -0.144. The molecule has 38 heavy (non-hydrogen) atoms. The lowest BCUT2D eigenvalue weighted by Crippen LogP contribution is -2.32. The molecule has 3 aromatic heterocycles. The second kappa shape index (κ2) is 9.86. The summed E-state index contributed by atoms with van der Waals surface area (Å²) < 4.78 is 47.1. The molecule has 0 spiro atoms. The fourth-order valence-electron chi connectivity index (χ4n) is 5.41. The zero-order chi connectivity index (χ0) is 26.3. The summed E-state index contributed by atoms with van der Waals surface area (Å²) >= 11 is 0. The summed E-state index contributed by atoms with van der Waals surface area (Å²) in [7, 11) is 0. The van der Waals surface area contributed by atoms with Crippen LogP contribution in [0.1, 0.15) is 48.5 Å². The van der Waals surface area contributed by atoms with Crippen LogP contribution in [0.15, 0.2) is 47.1 Å². The Morgan fingerprint density at radius 3 is 2.47 bits per heavy atom. The Kier molecular flexibility index (Phi) is 6.38. The molecular formula is C27H28F3N7O. The van der Waals surface area contributed by atoms with Gasteiger partial charge in [-0.25, -0.2) is 9.97 Å². The molecule has 4 aromatic rings. The standard InChI is InChI=1S/C27H28F3N7O/c1-17-31-23(16-38-17)22-5-4-6-24(33-22)37-26(34-25(35-37)27(28,29)30)32-20-10-7-18-8-11-21(12-9-19(18)15-20)36-13-2-3-14-36/h4-7,10,15-16,21H,2-3,8-9,11-14H2,1H3,(H,32,34,35). The summed E-state index contributed by atoms with van der Waals surface area (Å²) in [4.78, 5) is 15.1. The topological polar surface area (TPSA) is 84.9 Å². The lowest BCUT2D eigenvalue weighted by atomic mass is 10.0. The van der Waals surface area contributed by atoms with Gasteiger partial charge in [-0.05, 0) is 87.0 Å². The number of alkyl halides is 3. The van der Waals surface area contributed by atoms with E-state index in [1.54, 1.807) is 25.1 Å². The molecule has 1 aliphatic carbocycles. The number of hydrogen-bond acceptors (Lipinski definition) is 7. The second-order valence-electron chi connectivity index (χ2n) is 9.88. The Labute approximate surface area is 217 Å². The van der Waals surface area contributed by atoms with Crippen LogP contribution in [-0.4, -0.2) is 48.8 Å². The zero-order valence-electron chi connectivity index (χ0n) is 21.0. The number of pyridine rings is 1. The molecule has 0 saturated carbocycles. The summed E-state index contributed by atoms with van der Waals surface area (Å²) in [6, 6.07) is 11.5. The molecule has 1 fully saturated rings. The smallest absolute Gasteiger partial charge is 0.449 e. The number of rotatable bonds is 5. The van der Waals surface area contributed by atoms with Crippen LogP contribution in [0, 0.1) is 6.92 Å². The van der Waals surface area contributed by atoms with Crippen LogP contribution in [0.25, 0.3) is 17.2 Å². The van der Waals surface area contributed by atoms with Gasteiger partial charge < -0.3 is 14.6 Å². The highest BCUT2D eigenvalue weighted by Crippen LogP contribution is 2.32. The van der Waals surface area contributed by atoms with Gasteiger partial charge in [-0.15, -0.1) is 5.10 Å². The monoisotopic (exact) mass is 523 g/mol. The van der Waals surface area contributed by atoms with E-state index in [4.69, 9.17) is 4.42 Å². The van der Waals surface area contributed by atoms with E-state index in [9.17, 15) is 13.2 Å². The summed E-state index contributed by atoms with van der Waals surface area (Å²) in [6.07, 6.45) is 3.45. The van der Waals surface area contributed by atoms with Gasteiger partial charge in [0.2, 0.25) is 5.95 Å². The van der Waals surface area contributed by atoms with Gasteiger partial charge in [-0.3, -0.25) is 0 Å². The van der Waals surface area contributed by atoms with Crippen molar-refractivity contribution in [3.63, 3.8) is 0 Å². The molecule has 0 amide bonds. The first kappa shape index (κ1) is 24.6. The van der Waals surface area contributed by atoms with E-state index in [0.29, 0.717) is 29.0 Å². The third-order valence-corrected chi connectivity index (χ3v) is 7.31. The molecule has 0 bridgehead atoms. The molecule has 1 aliphatic heterocycles. The number of nitrogens with zero attached hydrogens (tertiary/aromatic N) is 6. The first-order valence-corrected chi connectivity index (χ1v) is 12.9. The minimum Gasteiger partial charge on any atom is -0.449 e. The molecule has 198 valence electrons. The normalized spacial score (nSPS) is 18.4. The molecule has 11 heteroatoms. The largest absolute Gasteiger partial charge is 0.453 e. The van der Waals surface area contributed by atoms with Crippen LogP contribution in [0.3, 0.4) is 0 Å². The van der Waals surface area contributed by atoms with Crippen molar-refractivity contribution in [2.45, 2.75) is 57.7 Å². The maximum Gasteiger partial charge on any atom is 0.453 e. The van der Waals surface area contributed by atoms with Crippen molar-refractivity contribution >= 4 is 11.6 Å². The van der Waals surface area contributed by atoms with Gasteiger partial charge >= 0.3 is 6.18 Å². The Hall–Kier alpha value is -3.73. The Morgan fingerprint density at radius 1 is 0.947 bits per heavy atom. The van der Waals surface area contributed by atoms with Gasteiger partial charge in [0.1, 0.15) is 12.0 Å². The predicted octanol–water partition coefficient (Wildman–Crippen LogP) is 5.73. The van der Waals surface area contributed by atoms with E-state index in [-0.39, 0.29) is 11.8 Å². The Balaban J connectivity index is 1.29. The average Bonchev–Trinajstić information content (AvgIpc) is 3.64. The highest BCUT2D eigenvalue weighted by molar-refractivity contribution is 5.59. The quantitative estimate of drug-likeness (QED) is 0.334. The number of halogens is 3. The molecule has 1 unspecified atom stereocenters. The third-order valence-electron chi connectivity index (χ3n) is 7.31. The summed E-state index contributed by atoms with van der Waals surface area (Å²) in [5.74, 6) is -0.670. The lowest BCUT2D eigenvalue weighted by Gasteiger charge is -2.25. The van der Waals surface area contributed by atoms with Crippen molar-refractivity contribution in [3.8, 4) is 17.2 Å². The number of aryl methyl sites for hydroxylation is 3. The Morgan fingerprint density at radius 2 is 1.74 bits per heavy atom. The van der Waals surface area contributed by atoms with E-state index in [2.05, 4.69) is 36.3 Å². The van der Waals surface area contributed by atoms with E-state index >= 15 is 0 Å². The number of hydrogen-bond donors (Lipinski definition) is 1. The van der Waals surface area contributed by atoms with Crippen molar-refractivity contribution in [1.29, 1.82) is 0 Å². The van der Waals surface area contributed by atoms with Crippen molar-refractivity contribution in [3.05, 3.63) is 65.5 Å². The fourth-order valence-corrected chi connectivity index (χ4v) is 5.41. The number of nitrogens with one attached hydrogen (secondary N) is 1. The van der Waals surface area contributed by atoms with Gasteiger partial charge in [0.25, 0.3) is 5.82 Å². The number of likely N-dealkylation sites (tertiary alicyclic amines) is 1. The van der Waals surface area contributed by atoms with Crippen LogP contribution < -0.4 is 5.32 Å². The second-order valence-corrected chi connectivity index (χ2v) is 9.88. The maximum atomic E-state index is 13.6. The van der Waals surface area contributed by atoms with Crippen LogP contribution in [-0.2, 0) is 19.0 Å². The maximum absolute atomic E-state index is 13.6. The van der Waals surface area contributed by atoms with Crippen LogP contribution in [0.4, 0.5) is 24.8 Å². The van der Waals surface area contributed by atoms with E-state index < -0.39 is 12.0 Å². The van der Waals surface area contributed by atoms with Gasteiger partial charge in [-0.2, -0.15) is 22.8 Å². The highest BCUT2D eigenvalue weighted by atomic mass is 19.4. The molecule has 1 aromatic carbocycles. The van der Waals surface area contributed by atoms with Crippen molar-refractivity contribution in [1.82, 2.24) is 29.6 Å². The number of aromatic nitrogens is 5. The number of fused-ring (bicyclic) bond motifs is 1. The Bertz CT molecular complexity index is 1440. The summed E-state index contributed by atoms with van der Waals surface area (Å²) in [6.45, 7) is 4.06. The minimum absolute atomic E-state index is 0.0678. The molecule has 0 radical (unpaired) electrons. The molecular weight excluding hydrogens is 495 g/mol. The highest BCUT2D eigenvalue weighted by Gasteiger charge is 2.37. The number of oxazole rings is 1. The number of anilines is 2. The van der Waals surface area contributed by atoms with Crippen molar-refractivity contribution < 1.29 is 17.6 Å². The average molecular weight is 524 g/mol. The van der Waals surface area contributed by atoms with Gasteiger partial charge in [0, 0.05) is 18.7 Å². The SMILES string of the molecule is Cc1nc(-c2cccc(-n3nc(C(F)(F)F)nc3Nc3ccc4c(c3)CCC(N3CCCC3)CC4)n2)co1. The van der Waals surface area contributed by atoms with Crippen LogP contribution in [0.5, 0.6) is 0 Å². The minimum atomic E-state index is -4.71. The van der Waals surface area contributed by atoms with Crippen molar-refractivity contribution in [2.75, 3.05) is 18.4 Å². The summed E-state index contributed by atoms with van der Waals surface area (Å²) in [5, 5.41) is 6.82. The predicted molar refractivity (Wildman–Crippen MR) is 135 cm³/mol. The van der Waals surface area contributed by atoms with Crippen molar-refractivity contribution in [2.24, 2.45) is 0 Å². The first-order valence-electron chi connectivity index (χ1n) is 12.9. The molecule has 6 rings (SSSR count). The van der Waals surface area contributed by atoms with E-state index in [1.165, 1.54) is 43.3 Å². The molecule has 4 heterocycles. The summed E-state index contributed by atoms with van der Waals surface area (Å²) in [5.41, 5.74) is 4.11. The number of benzene rings is 1. The zero-order valence-corrected chi connectivity index (χ0v) is 21.0. The fraction of sp³-hybridized carbons (Fsp3) is 0.407. The van der Waals surface area contributed by atoms with Crippen LogP contribution in [0.2, 0.25) is 0 Å². The van der Waals surface area contributed by atoms with E-state index in [0.717, 1.165) is 30.4 Å². The third kappa shape index (κ3) is 5.02. The van der Waals surface area contributed by atoms with E-state index in [1.807, 2.05) is 12.1 Å². The molecule has 1 atom stereocenters. The first-order chi connectivity index (χ1) is 18.3. The molecule has 2 aliphatic rings. The van der Waals surface area contributed by atoms with Gasteiger partial charge in [-0.1, -0.05) is 12.1 Å². The molecule has 8 nitrogen and oxygen atoms in total. The molecule has 1 saturated heterocycles. The van der Waals surface area contributed by atoms with Gasteiger partial charge in [0.15, 0.2) is 11.7 Å². The van der Waals surface area contributed by atoms with Crippen LogP contribution >= 0.6 is 0 Å². The van der Waals surface area contributed by atoms with Gasteiger partial charge in [0.05, 0.1) is 5.69 Å².